The molecule has 2 aliphatic rings. The van der Waals surface area contributed by atoms with Crippen molar-refractivity contribution < 1.29 is 14.3 Å². The molecular formula is C20H24Cl2O3. The van der Waals surface area contributed by atoms with Crippen molar-refractivity contribution in [3.63, 3.8) is 0 Å². The van der Waals surface area contributed by atoms with Crippen LogP contribution in [0.3, 0.4) is 0 Å². The molecule has 136 valence electrons. The van der Waals surface area contributed by atoms with Gasteiger partial charge in [-0.05, 0) is 37.2 Å². The largest absolute Gasteiger partial charge is 0.461 e. The van der Waals surface area contributed by atoms with Crippen LogP contribution in [-0.2, 0) is 20.9 Å². The number of esters is 1. The molecule has 3 unspecified atom stereocenters. The van der Waals surface area contributed by atoms with E-state index < -0.39 is 4.33 Å². The Hall–Kier alpha value is -1.06. The number of Topliss-reactive ketones (excluding diaryl/α,β-unsaturated/α-hetero) is 1. The zero-order valence-electron chi connectivity index (χ0n) is 14.5. The van der Waals surface area contributed by atoms with Gasteiger partial charge in [-0.25, -0.2) is 0 Å². The Morgan fingerprint density at radius 3 is 2.56 bits per heavy atom. The second-order valence-electron chi connectivity index (χ2n) is 7.56. The molecule has 0 saturated heterocycles. The van der Waals surface area contributed by atoms with Gasteiger partial charge >= 0.3 is 5.97 Å². The zero-order valence-corrected chi connectivity index (χ0v) is 16.0. The Bertz CT molecular complexity index is 644. The van der Waals surface area contributed by atoms with Gasteiger partial charge < -0.3 is 4.74 Å². The lowest BCUT2D eigenvalue weighted by molar-refractivity contribution is -0.153. The second kappa shape index (κ2) is 7.28. The maximum absolute atomic E-state index is 12.6. The number of ketones is 1. The van der Waals surface area contributed by atoms with Crippen LogP contribution in [0.4, 0.5) is 0 Å². The monoisotopic (exact) mass is 382 g/mol. The lowest BCUT2D eigenvalue weighted by Crippen LogP contribution is -2.58. The molecule has 0 amide bonds. The normalized spacial score (nSPS) is 31.7. The van der Waals surface area contributed by atoms with Crippen molar-refractivity contribution >= 4 is 35.0 Å². The van der Waals surface area contributed by atoms with Gasteiger partial charge in [-0.2, -0.15) is 0 Å². The number of ether oxygens (including phenoxy) is 1. The average Bonchev–Trinajstić information content (AvgIpc) is 2.59. The molecule has 0 bridgehead atoms. The Morgan fingerprint density at radius 2 is 1.92 bits per heavy atom. The summed E-state index contributed by atoms with van der Waals surface area (Å²) >= 11 is 12.6. The highest BCUT2D eigenvalue weighted by molar-refractivity contribution is 6.61. The minimum absolute atomic E-state index is 0.0901. The van der Waals surface area contributed by atoms with Crippen LogP contribution in [0.1, 0.15) is 51.0 Å². The first kappa shape index (κ1) is 18.7. The van der Waals surface area contributed by atoms with Crippen LogP contribution in [0, 0.1) is 17.3 Å². The Labute approximate surface area is 159 Å². The van der Waals surface area contributed by atoms with Crippen molar-refractivity contribution in [2.75, 3.05) is 0 Å². The highest BCUT2D eigenvalue weighted by Crippen LogP contribution is 2.61. The van der Waals surface area contributed by atoms with E-state index in [1.165, 1.54) is 0 Å². The molecule has 0 aliphatic heterocycles. The van der Waals surface area contributed by atoms with Crippen molar-refractivity contribution in [1.82, 2.24) is 0 Å². The summed E-state index contributed by atoms with van der Waals surface area (Å²) in [5.74, 6) is -0.154. The van der Waals surface area contributed by atoms with Crippen LogP contribution < -0.4 is 0 Å². The fraction of sp³-hybridized carbons (Fsp3) is 0.600. The molecule has 2 aliphatic carbocycles. The third-order valence-corrected chi connectivity index (χ3v) is 7.20. The Balaban J connectivity index is 1.64. The van der Waals surface area contributed by atoms with E-state index in [0.717, 1.165) is 24.8 Å². The zero-order chi connectivity index (χ0) is 18.1. The first-order valence-corrected chi connectivity index (χ1v) is 9.73. The predicted molar refractivity (Wildman–Crippen MR) is 98.5 cm³/mol. The van der Waals surface area contributed by atoms with Gasteiger partial charge in [0.25, 0.3) is 0 Å². The number of alkyl halides is 2. The molecule has 3 nitrogen and oxygen atoms in total. The smallest absolute Gasteiger partial charge is 0.309 e. The minimum Gasteiger partial charge on any atom is -0.461 e. The van der Waals surface area contributed by atoms with Gasteiger partial charge in [-0.1, -0.05) is 66.9 Å². The molecule has 1 spiro atoms. The standard InChI is InChI=1S/C20H24Cl2O3/c1-14-6-5-10-19(12-17(23)20(19,21)22)11-9-16(14)18(24)25-13-15-7-3-2-4-8-15/h2-4,7-8,14,16H,5-6,9-13H2,1H3. The summed E-state index contributed by atoms with van der Waals surface area (Å²) in [6.07, 6.45) is 4.50. The fourth-order valence-corrected chi connectivity index (χ4v) is 4.85. The number of hydrogen-bond acceptors (Lipinski definition) is 3. The molecule has 0 N–H and O–H groups in total. The molecule has 1 aromatic carbocycles. The van der Waals surface area contributed by atoms with Crippen molar-refractivity contribution in [3.8, 4) is 0 Å². The van der Waals surface area contributed by atoms with Crippen LogP contribution in [0.15, 0.2) is 30.3 Å². The molecule has 0 radical (unpaired) electrons. The van der Waals surface area contributed by atoms with E-state index in [-0.39, 0.29) is 29.0 Å². The van der Waals surface area contributed by atoms with E-state index in [1.807, 2.05) is 30.3 Å². The average molecular weight is 383 g/mol. The van der Waals surface area contributed by atoms with Gasteiger partial charge in [0.05, 0.1) is 5.92 Å². The summed E-state index contributed by atoms with van der Waals surface area (Å²) in [6, 6.07) is 9.68. The van der Waals surface area contributed by atoms with Crippen molar-refractivity contribution in [2.24, 2.45) is 17.3 Å². The number of halogens is 2. The molecule has 1 aromatic rings. The summed E-state index contributed by atoms with van der Waals surface area (Å²) in [7, 11) is 0. The minimum atomic E-state index is -1.29. The van der Waals surface area contributed by atoms with Gasteiger partial charge in [-0.3, -0.25) is 9.59 Å². The van der Waals surface area contributed by atoms with Crippen molar-refractivity contribution in [1.29, 1.82) is 0 Å². The number of carbonyl (C=O) groups excluding carboxylic acids is 2. The lowest BCUT2D eigenvalue weighted by Gasteiger charge is -2.52. The first-order chi connectivity index (χ1) is 11.9. The third kappa shape index (κ3) is 3.59. The number of hydrogen-bond donors (Lipinski definition) is 0. The topological polar surface area (TPSA) is 43.4 Å². The summed E-state index contributed by atoms with van der Waals surface area (Å²) in [5, 5.41) is 0. The Morgan fingerprint density at radius 1 is 1.20 bits per heavy atom. The van der Waals surface area contributed by atoms with E-state index in [9.17, 15) is 9.59 Å². The van der Waals surface area contributed by atoms with Crippen LogP contribution >= 0.6 is 23.2 Å². The van der Waals surface area contributed by atoms with E-state index in [4.69, 9.17) is 27.9 Å². The highest BCUT2D eigenvalue weighted by atomic mass is 35.5. The molecule has 3 atom stereocenters. The van der Waals surface area contributed by atoms with Gasteiger partial charge in [0.1, 0.15) is 6.61 Å². The number of benzene rings is 1. The van der Waals surface area contributed by atoms with Crippen LogP contribution in [0.2, 0.25) is 0 Å². The van der Waals surface area contributed by atoms with Gasteiger partial charge in [0.15, 0.2) is 10.1 Å². The third-order valence-electron chi connectivity index (χ3n) is 5.98. The van der Waals surface area contributed by atoms with Gasteiger partial charge in [0.2, 0.25) is 0 Å². The highest BCUT2D eigenvalue weighted by Gasteiger charge is 2.63. The molecule has 0 aromatic heterocycles. The quantitative estimate of drug-likeness (QED) is 0.540. The van der Waals surface area contributed by atoms with Crippen LogP contribution in [-0.4, -0.2) is 16.1 Å². The van der Waals surface area contributed by atoms with E-state index in [0.29, 0.717) is 25.9 Å². The molecule has 3 rings (SSSR count). The first-order valence-electron chi connectivity index (χ1n) is 8.97. The van der Waals surface area contributed by atoms with Crippen LogP contribution in [0.25, 0.3) is 0 Å². The molecule has 2 saturated carbocycles. The SMILES string of the molecule is CC1CCCC2(CCC1C(=O)OCc1ccccc1)CC(=O)C2(Cl)Cl. The molecular weight excluding hydrogens is 359 g/mol. The lowest BCUT2D eigenvalue weighted by atomic mass is 9.59. The van der Waals surface area contributed by atoms with Crippen molar-refractivity contribution in [2.45, 2.75) is 56.4 Å². The fourth-order valence-electron chi connectivity index (χ4n) is 4.20. The van der Waals surface area contributed by atoms with E-state index >= 15 is 0 Å². The van der Waals surface area contributed by atoms with Gasteiger partial charge in [0, 0.05) is 11.8 Å². The molecule has 25 heavy (non-hydrogen) atoms. The molecule has 5 heteroatoms. The summed E-state index contributed by atoms with van der Waals surface area (Å²) in [6.45, 7) is 2.40. The van der Waals surface area contributed by atoms with E-state index in [1.54, 1.807) is 0 Å². The summed E-state index contributed by atoms with van der Waals surface area (Å²) < 4.78 is 4.27. The van der Waals surface area contributed by atoms with Crippen LogP contribution in [0.5, 0.6) is 0 Å². The number of rotatable bonds is 3. The summed E-state index contributed by atoms with van der Waals surface area (Å²) in [4.78, 5) is 24.4. The molecule has 2 fully saturated rings. The second-order valence-corrected chi connectivity index (χ2v) is 8.89. The van der Waals surface area contributed by atoms with Crippen molar-refractivity contribution in [3.05, 3.63) is 35.9 Å². The summed E-state index contributed by atoms with van der Waals surface area (Å²) in [5.41, 5.74) is 0.613. The maximum atomic E-state index is 12.6. The molecule has 0 heterocycles. The predicted octanol–water partition coefficient (Wildman–Crippen LogP) is 5.08. The van der Waals surface area contributed by atoms with E-state index in [2.05, 4.69) is 6.92 Å². The number of carbonyl (C=O) groups is 2. The maximum Gasteiger partial charge on any atom is 0.309 e. The van der Waals surface area contributed by atoms with Gasteiger partial charge in [-0.15, -0.1) is 0 Å². The Kier molecular flexibility index (Phi) is 5.45.